The lowest BCUT2D eigenvalue weighted by Gasteiger charge is -2.12. The topological polar surface area (TPSA) is 90.2 Å². The van der Waals surface area contributed by atoms with Crippen LogP contribution in [0.25, 0.3) is 0 Å². The minimum atomic E-state index is -1.18. The second-order valence-corrected chi connectivity index (χ2v) is 3.96. The number of hydrogen-bond donors (Lipinski definition) is 2. The van der Waals surface area contributed by atoms with E-state index in [9.17, 15) is 14.0 Å². The van der Waals surface area contributed by atoms with E-state index in [1.165, 1.54) is 24.3 Å². The van der Waals surface area contributed by atoms with Crippen LogP contribution in [0.4, 0.5) is 4.39 Å². The van der Waals surface area contributed by atoms with Crippen LogP contribution >= 0.6 is 0 Å². The Balaban J connectivity index is 2.55. The van der Waals surface area contributed by atoms with Crippen molar-refractivity contribution in [3.8, 4) is 6.07 Å². The smallest absolute Gasteiger partial charge is 0.326 e. The largest absolute Gasteiger partial charge is 0.480 e. The van der Waals surface area contributed by atoms with Gasteiger partial charge in [0, 0.05) is 6.42 Å². The van der Waals surface area contributed by atoms with E-state index in [1.807, 2.05) is 6.07 Å². The maximum atomic E-state index is 12.7. The van der Waals surface area contributed by atoms with Crippen molar-refractivity contribution in [2.24, 2.45) is 0 Å². The van der Waals surface area contributed by atoms with Crippen LogP contribution < -0.4 is 5.32 Å². The molecular formula is C13H13FN2O3. The van der Waals surface area contributed by atoms with E-state index in [0.717, 1.165) is 0 Å². The molecule has 1 amide bonds. The fraction of sp³-hybridized carbons (Fsp3) is 0.308. The number of rotatable bonds is 6. The molecule has 0 unspecified atom stereocenters. The number of carbonyl (C=O) groups excluding carboxylic acids is 1. The summed E-state index contributed by atoms with van der Waals surface area (Å²) in [6.07, 6.45) is 0.0748. The molecule has 0 radical (unpaired) electrons. The number of nitrogens with one attached hydrogen (secondary N) is 1. The first-order valence-electron chi connectivity index (χ1n) is 5.66. The lowest BCUT2D eigenvalue weighted by Crippen LogP contribution is -2.41. The third-order valence-corrected chi connectivity index (χ3v) is 2.46. The molecule has 0 aliphatic heterocycles. The molecule has 1 atom stereocenters. The Morgan fingerprint density at radius 2 is 2.00 bits per heavy atom. The van der Waals surface area contributed by atoms with E-state index in [-0.39, 0.29) is 19.3 Å². The highest BCUT2D eigenvalue weighted by Gasteiger charge is 2.19. The van der Waals surface area contributed by atoms with Gasteiger partial charge < -0.3 is 10.4 Å². The second-order valence-electron chi connectivity index (χ2n) is 3.96. The van der Waals surface area contributed by atoms with Crippen molar-refractivity contribution in [3.05, 3.63) is 35.6 Å². The van der Waals surface area contributed by atoms with Gasteiger partial charge in [0.15, 0.2) is 0 Å². The number of nitrogens with zero attached hydrogens (tertiary/aromatic N) is 1. The standard InChI is InChI=1S/C13H13FN2O3/c14-10-5-3-9(4-6-10)8-12(17)16-11(13(18)19)2-1-7-15/h3-6,11H,1-2,8H2,(H,16,17)(H,18,19)/t11-/m0/s1. The van der Waals surface area contributed by atoms with Gasteiger partial charge in [-0.1, -0.05) is 12.1 Å². The number of benzene rings is 1. The Morgan fingerprint density at radius 1 is 1.37 bits per heavy atom. The second kappa shape index (κ2) is 7.11. The van der Waals surface area contributed by atoms with Gasteiger partial charge in [-0.25, -0.2) is 9.18 Å². The molecule has 0 aliphatic carbocycles. The number of nitriles is 1. The molecule has 1 aromatic carbocycles. The fourth-order valence-electron chi connectivity index (χ4n) is 1.50. The van der Waals surface area contributed by atoms with Crippen LogP contribution in [0.5, 0.6) is 0 Å². The summed E-state index contributed by atoms with van der Waals surface area (Å²) < 4.78 is 12.7. The molecule has 0 fully saturated rings. The zero-order chi connectivity index (χ0) is 14.3. The summed E-state index contributed by atoms with van der Waals surface area (Å²) in [6, 6.07) is 6.12. The predicted molar refractivity (Wildman–Crippen MR) is 64.5 cm³/mol. The van der Waals surface area contributed by atoms with Crippen LogP contribution in [-0.4, -0.2) is 23.0 Å². The molecule has 0 aliphatic rings. The van der Waals surface area contributed by atoms with Crippen LogP contribution in [-0.2, 0) is 16.0 Å². The van der Waals surface area contributed by atoms with E-state index in [2.05, 4.69) is 5.32 Å². The van der Waals surface area contributed by atoms with Crippen LogP contribution in [0, 0.1) is 17.1 Å². The molecule has 2 N–H and O–H groups in total. The SMILES string of the molecule is N#CCC[C@H](NC(=O)Cc1ccc(F)cc1)C(=O)O. The summed E-state index contributed by atoms with van der Waals surface area (Å²) in [7, 11) is 0. The lowest BCUT2D eigenvalue weighted by molar-refractivity contribution is -0.141. The number of carboxylic acids is 1. The normalized spacial score (nSPS) is 11.4. The minimum Gasteiger partial charge on any atom is -0.480 e. The fourth-order valence-corrected chi connectivity index (χ4v) is 1.50. The Kier molecular flexibility index (Phi) is 5.48. The summed E-state index contributed by atoms with van der Waals surface area (Å²) in [5, 5.41) is 19.6. The van der Waals surface area contributed by atoms with E-state index < -0.39 is 23.7 Å². The molecule has 0 aromatic heterocycles. The van der Waals surface area contributed by atoms with Crippen molar-refractivity contribution in [2.75, 3.05) is 0 Å². The molecular weight excluding hydrogens is 251 g/mol. The average Bonchev–Trinajstić information content (AvgIpc) is 2.37. The molecule has 100 valence electrons. The summed E-state index contributed by atoms with van der Waals surface area (Å²) >= 11 is 0. The van der Waals surface area contributed by atoms with Gasteiger partial charge in [-0.3, -0.25) is 4.79 Å². The van der Waals surface area contributed by atoms with Gasteiger partial charge in [0.1, 0.15) is 11.9 Å². The molecule has 19 heavy (non-hydrogen) atoms. The number of amides is 1. The number of halogens is 1. The maximum Gasteiger partial charge on any atom is 0.326 e. The van der Waals surface area contributed by atoms with Gasteiger partial charge in [0.2, 0.25) is 5.91 Å². The lowest BCUT2D eigenvalue weighted by atomic mass is 10.1. The zero-order valence-electron chi connectivity index (χ0n) is 10.1. The number of carbonyl (C=O) groups is 2. The van der Waals surface area contributed by atoms with E-state index in [4.69, 9.17) is 10.4 Å². The van der Waals surface area contributed by atoms with Crippen molar-refractivity contribution in [1.29, 1.82) is 5.26 Å². The molecule has 6 heteroatoms. The quantitative estimate of drug-likeness (QED) is 0.808. The Bertz CT molecular complexity index is 494. The van der Waals surface area contributed by atoms with Crippen molar-refractivity contribution in [3.63, 3.8) is 0 Å². The van der Waals surface area contributed by atoms with Crippen molar-refractivity contribution >= 4 is 11.9 Å². The first-order valence-corrected chi connectivity index (χ1v) is 5.66. The molecule has 1 aromatic rings. The van der Waals surface area contributed by atoms with Crippen LogP contribution in [0.1, 0.15) is 18.4 Å². The highest BCUT2D eigenvalue weighted by Crippen LogP contribution is 2.04. The van der Waals surface area contributed by atoms with E-state index in [1.54, 1.807) is 0 Å². The molecule has 0 saturated heterocycles. The number of hydrogen-bond acceptors (Lipinski definition) is 3. The Morgan fingerprint density at radius 3 is 2.53 bits per heavy atom. The molecule has 0 bridgehead atoms. The van der Waals surface area contributed by atoms with E-state index >= 15 is 0 Å². The average molecular weight is 264 g/mol. The summed E-state index contributed by atoms with van der Waals surface area (Å²) in [5.74, 6) is -2.05. The van der Waals surface area contributed by atoms with Gasteiger partial charge >= 0.3 is 5.97 Å². The number of aliphatic carboxylic acids is 1. The highest BCUT2D eigenvalue weighted by atomic mass is 19.1. The summed E-state index contributed by atoms with van der Waals surface area (Å²) in [4.78, 5) is 22.5. The first kappa shape index (κ1) is 14.6. The first-order chi connectivity index (χ1) is 9.02. The van der Waals surface area contributed by atoms with Crippen molar-refractivity contribution in [2.45, 2.75) is 25.3 Å². The third-order valence-electron chi connectivity index (χ3n) is 2.46. The summed E-state index contributed by atoms with van der Waals surface area (Å²) in [6.45, 7) is 0. The Hall–Kier alpha value is -2.42. The van der Waals surface area contributed by atoms with Gasteiger partial charge in [0.25, 0.3) is 0 Å². The molecule has 0 saturated carbocycles. The molecule has 0 heterocycles. The monoisotopic (exact) mass is 264 g/mol. The summed E-state index contributed by atoms with van der Waals surface area (Å²) in [5.41, 5.74) is 0.586. The van der Waals surface area contributed by atoms with Crippen LogP contribution in [0.3, 0.4) is 0 Å². The van der Waals surface area contributed by atoms with Gasteiger partial charge in [0.05, 0.1) is 12.5 Å². The van der Waals surface area contributed by atoms with Gasteiger partial charge in [-0.15, -0.1) is 0 Å². The minimum absolute atomic E-state index is 0.0311. The van der Waals surface area contributed by atoms with Crippen LogP contribution in [0.2, 0.25) is 0 Å². The number of carboxylic acid groups (broad SMARTS) is 1. The molecule has 1 rings (SSSR count). The van der Waals surface area contributed by atoms with Crippen molar-refractivity contribution in [1.82, 2.24) is 5.32 Å². The van der Waals surface area contributed by atoms with Gasteiger partial charge in [-0.05, 0) is 24.1 Å². The van der Waals surface area contributed by atoms with Crippen molar-refractivity contribution < 1.29 is 19.1 Å². The molecule has 0 spiro atoms. The molecule has 5 nitrogen and oxygen atoms in total. The zero-order valence-corrected chi connectivity index (χ0v) is 10.1. The third kappa shape index (κ3) is 5.17. The predicted octanol–water partition coefficient (Wildman–Crippen LogP) is 1.24. The highest BCUT2D eigenvalue weighted by molar-refractivity contribution is 5.84. The van der Waals surface area contributed by atoms with E-state index in [0.29, 0.717) is 5.56 Å². The maximum absolute atomic E-state index is 12.7. The van der Waals surface area contributed by atoms with Gasteiger partial charge in [-0.2, -0.15) is 5.26 Å². The Labute approximate surface area is 109 Å². The van der Waals surface area contributed by atoms with Crippen LogP contribution in [0.15, 0.2) is 24.3 Å².